The van der Waals surface area contributed by atoms with E-state index in [4.69, 9.17) is 14.5 Å². The average Bonchev–Trinajstić information content (AvgIpc) is 3.11. The van der Waals surface area contributed by atoms with Gasteiger partial charge in [-0.05, 0) is 37.6 Å². The van der Waals surface area contributed by atoms with Gasteiger partial charge in [-0.25, -0.2) is 4.57 Å². The average molecular weight is 533 g/mol. The fourth-order valence-electron chi connectivity index (χ4n) is 3.15. The number of phosphoric acid groups is 1. The lowest BCUT2D eigenvalue weighted by Gasteiger charge is -2.17. The molecule has 0 spiro atoms. The van der Waals surface area contributed by atoms with E-state index in [1.165, 1.54) is 18.3 Å². The minimum Gasteiger partial charge on any atom is -0.490 e. The van der Waals surface area contributed by atoms with E-state index in [9.17, 15) is 22.5 Å². The van der Waals surface area contributed by atoms with Crippen molar-refractivity contribution in [1.82, 2.24) is 9.55 Å². The molecule has 0 radical (unpaired) electrons. The number of amides is 1. The molecule has 1 aromatic carbocycles. The SMILES string of the molecule is CCCCn1/c(=N/C(=O)c2cc(C(F)(F)F)ccc2OC[C@H](C)OP(=O)(O)O)sc2ccncc21. The van der Waals surface area contributed by atoms with Crippen LogP contribution in [0.3, 0.4) is 0 Å². The largest absolute Gasteiger partial charge is 0.490 e. The van der Waals surface area contributed by atoms with E-state index in [-0.39, 0.29) is 5.75 Å². The molecule has 0 saturated heterocycles. The molecule has 0 aliphatic carbocycles. The number of nitrogens with zero attached hydrogens (tertiary/aromatic N) is 3. The Labute approximate surface area is 202 Å². The third-order valence-electron chi connectivity index (χ3n) is 4.74. The summed E-state index contributed by atoms with van der Waals surface area (Å²) in [7, 11) is -4.80. The van der Waals surface area contributed by atoms with Gasteiger partial charge in [0.1, 0.15) is 18.5 Å². The number of thiazole rings is 1. The molecule has 0 unspecified atom stereocenters. The van der Waals surface area contributed by atoms with Crippen LogP contribution in [0, 0.1) is 0 Å². The van der Waals surface area contributed by atoms with E-state index in [2.05, 4.69) is 14.5 Å². The van der Waals surface area contributed by atoms with Gasteiger partial charge in [-0.15, -0.1) is 0 Å². The predicted octanol–water partition coefficient (Wildman–Crippen LogP) is 4.53. The molecule has 2 heterocycles. The lowest BCUT2D eigenvalue weighted by Crippen LogP contribution is -2.20. The Kier molecular flexibility index (Phi) is 8.50. The van der Waals surface area contributed by atoms with E-state index in [1.54, 1.807) is 23.0 Å². The fraction of sp³-hybridized carbons (Fsp3) is 0.381. The molecule has 2 N–H and O–H groups in total. The van der Waals surface area contributed by atoms with Crippen molar-refractivity contribution in [3.8, 4) is 5.75 Å². The highest BCUT2D eigenvalue weighted by Crippen LogP contribution is 2.38. The van der Waals surface area contributed by atoms with E-state index in [0.29, 0.717) is 17.4 Å². The Hall–Kier alpha value is -2.57. The standard InChI is InChI=1S/C21H23F3N3O6PS/c1-3-4-9-27-16-11-25-8-7-18(16)35-20(27)26-19(28)15-10-14(21(22,23)24)5-6-17(15)32-12-13(2)33-34(29,30)31/h5-8,10-11,13H,3-4,9,12H2,1-2H3,(H2,29,30,31)/b26-20-/t13-/m0/s1. The van der Waals surface area contributed by atoms with Crippen LogP contribution in [0.2, 0.25) is 0 Å². The molecule has 3 aromatic rings. The molecule has 0 fully saturated rings. The molecule has 3 rings (SSSR count). The van der Waals surface area contributed by atoms with Crippen LogP contribution in [0.1, 0.15) is 42.6 Å². The lowest BCUT2D eigenvalue weighted by molar-refractivity contribution is -0.137. The Balaban J connectivity index is 2.03. The number of aromatic nitrogens is 2. The number of aryl methyl sites for hydroxylation is 1. The van der Waals surface area contributed by atoms with Crippen molar-refractivity contribution in [2.75, 3.05) is 6.61 Å². The number of alkyl halides is 3. The predicted molar refractivity (Wildman–Crippen MR) is 122 cm³/mol. The summed E-state index contributed by atoms with van der Waals surface area (Å²) in [5.41, 5.74) is -0.760. The second-order valence-corrected chi connectivity index (χ2v) is 9.78. The summed E-state index contributed by atoms with van der Waals surface area (Å²) < 4.78 is 63.5. The summed E-state index contributed by atoms with van der Waals surface area (Å²) in [4.78, 5) is 39.4. The van der Waals surface area contributed by atoms with Gasteiger partial charge < -0.3 is 19.1 Å². The van der Waals surface area contributed by atoms with Crippen molar-refractivity contribution in [3.63, 3.8) is 0 Å². The summed E-state index contributed by atoms with van der Waals surface area (Å²) in [6.07, 6.45) is -0.935. The van der Waals surface area contributed by atoms with Gasteiger partial charge in [0, 0.05) is 12.7 Å². The molecule has 1 atom stereocenters. The van der Waals surface area contributed by atoms with E-state index >= 15 is 0 Å². The Morgan fingerprint density at radius 2 is 2.06 bits per heavy atom. The zero-order valence-corrected chi connectivity index (χ0v) is 20.4. The Morgan fingerprint density at radius 1 is 1.31 bits per heavy atom. The second-order valence-electron chi connectivity index (χ2n) is 7.58. The summed E-state index contributed by atoms with van der Waals surface area (Å²) in [6, 6.07) is 4.11. The van der Waals surface area contributed by atoms with Crippen LogP contribution in [0.5, 0.6) is 5.75 Å². The van der Waals surface area contributed by atoms with Crippen LogP contribution < -0.4 is 9.54 Å². The van der Waals surface area contributed by atoms with Crippen LogP contribution in [0.25, 0.3) is 10.2 Å². The molecule has 14 heteroatoms. The molecular weight excluding hydrogens is 510 g/mol. The van der Waals surface area contributed by atoms with Gasteiger partial charge in [0.05, 0.1) is 27.5 Å². The molecule has 0 aliphatic rings. The molecule has 190 valence electrons. The highest BCUT2D eigenvalue weighted by Gasteiger charge is 2.32. The number of unbranched alkanes of at least 4 members (excludes halogenated alkanes) is 1. The number of benzene rings is 1. The van der Waals surface area contributed by atoms with Crippen LogP contribution in [-0.4, -0.2) is 38.0 Å². The van der Waals surface area contributed by atoms with Crippen molar-refractivity contribution in [2.24, 2.45) is 4.99 Å². The molecule has 35 heavy (non-hydrogen) atoms. The first-order valence-electron chi connectivity index (χ1n) is 10.5. The van der Waals surface area contributed by atoms with Crippen LogP contribution >= 0.6 is 19.2 Å². The first-order chi connectivity index (χ1) is 16.4. The van der Waals surface area contributed by atoms with E-state index < -0.39 is 43.7 Å². The van der Waals surface area contributed by atoms with E-state index in [1.807, 2.05) is 6.92 Å². The first-order valence-corrected chi connectivity index (χ1v) is 12.8. The first kappa shape index (κ1) is 27.0. The number of pyridine rings is 1. The van der Waals surface area contributed by atoms with Crippen molar-refractivity contribution < 1.29 is 41.6 Å². The minimum absolute atomic E-state index is 0.226. The van der Waals surface area contributed by atoms with Crippen molar-refractivity contribution >= 4 is 35.3 Å². The molecule has 0 bridgehead atoms. The number of carbonyl (C=O) groups excluding carboxylic acids is 1. The monoisotopic (exact) mass is 533 g/mol. The maximum atomic E-state index is 13.3. The lowest BCUT2D eigenvalue weighted by atomic mass is 10.1. The van der Waals surface area contributed by atoms with E-state index in [0.717, 1.165) is 35.2 Å². The number of hydrogen-bond donors (Lipinski definition) is 2. The molecule has 0 aliphatic heterocycles. The molecule has 1 amide bonds. The minimum atomic E-state index is -4.80. The third kappa shape index (κ3) is 7.21. The number of fused-ring (bicyclic) bond motifs is 1. The fourth-order valence-corrected chi connectivity index (χ4v) is 4.70. The van der Waals surface area contributed by atoms with Gasteiger partial charge >= 0.3 is 14.0 Å². The van der Waals surface area contributed by atoms with Gasteiger partial charge in [0.15, 0.2) is 4.80 Å². The maximum absolute atomic E-state index is 13.3. The van der Waals surface area contributed by atoms with Gasteiger partial charge in [-0.3, -0.25) is 14.3 Å². The molecular formula is C21H23F3N3O6PS. The summed E-state index contributed by atoms with van der Waals surface area (Å²) in [5.74, 6) is -1.18. The number of phosphoric ester groups is 1. The van der Waals surface area contributed by atoms with Gasteiger partial charge in [-0.2, -0.15) is 18.2 Å². The quantitative estimate of drug-likeness (QED) is 0.387. The zero-order chi connectivity index (χ0) is 25.8. The smallest absolute Gasteiger partial charge is 0.469 e. The van der Waals surface area contributed by atoms with Crippen LogP contribution in [-0.2, 0) is 21.8 Å². The number of rotatable bonds is 9. The topological polar surface area (TPSA) is 123 Å². The Morgan fingerprint density at radius 3 is 2.71 bits per heavy atom. The highest BCUT2D eigenvalue weighted by atomic mass is 32.1. The van der Waals surface area contributed by atoms with Gasteiger partial charge in [0.2, 0.25) is 0 Å². The van der Waals surface area contributed by atoms with Gasteiger partial charge in [0.25, 0.3) is 5.91 Å². The molecule has 9 nitrogen and oxygen atoms in total. The molecule has 2 aromatic heterocycles. The maximum Gasteiger partial charge on any atom is 0.469 e. The van der Waals surface area contributed by atoms with Crippen LogP contribution in [0.4, 0.5) is 13.2 Å². The highest BCUT2D eigenvalue weighted by molar-refractivity contribution is 7.46. The molecule has 0 saturated carbocycles. The number of halogens is 3. The van der Waals surface area contributed by atoms with Crippen LogP contribution in [0.15, 0.2) is 41.7 Å². The van der Waals surface area contributed by atoms with Crippen molar-refractivity contribution in [2.45, 2.75) is 45.5 Å². The zero-order valence-electron chi connectivity index (χ0n) is 18.7. The number of ether oxygens (including phenoxy) is 1. The van der Waals surface area contributed by atoms with Crippen molar-refractivity contribution in [1.29, 1.82) is 0 Å². The number of carbonyl (C=O) groups is 1. The number of hydrogen-bond acceptors (Lipinski definition) is 6. The van der Waals surface area contributed by atoms with Gasteiger partial charge in [-0.1, -0.05) is 24.7 Å². The third-order valence-corrected chi connectivity index (χ3v) is 6.44. The normalized spacial score (nSPS) is 13.9. The summed E-state index contributed by atoms with van der Waals surface area (Å²) >= 11 is 1.20. The summed E-state index contributed by atoms with van der Waals surface area (Å²) in [6.45, 7) is 3.41. The van der Waals surface area contributed by atoms with Crippen molar-refractivity contribution in [3.05, 3.63) is 52.6 Å². The summed E-state index contributed by atoms with van der Waals surface area (Å²) in [5, 5.41) is 0. The second kappa shape index (κ2) is 11.0. The Bertz CT molecular complexity index is 1320.